The molecule has 0 aliphatic heterocycles. The number of fused-ring (bicyclic) bond motifs is 1. The largest absolute Gasteiger partial charge is 0.399 e. The van der Waals surface area contributed by atoms with E-state index >= 15 is 0 Å². The fourth-order valence-electron chi connectivity index (χ4n) is 2.33. The lowest BCUT2D eigenvalue weighted by atomic mass is 10.2. The molecule has 3 aromatic rings. The molecule has 0 saturated heterocycles. The number of tetrazole rings is 1. The van der Waals surface area contributed by atoms with Gasteiger partial charge >= 0.3 is 0 Å². The number of benzene rings is 1. The Balaban J connectivity index is 1.96. The highest BCUT2D eigenvalue weighted by molar-refractivity contribution is 5.48. The van der Waals surface area contributed by atoms with Gasteiger partial charge in [-0.05, 0) is 34.5 Å². The minimum atomic E-state index is 0.640. The number of hydrogen-bond acceptors (Lipinski definition) is 6. The summed E-state index contributed by atoms with van der Waals surface area (Å²) in [6.07, 6.45) is 4.44. The lowest BCUT2D eigenvalue weighted by Crippen LogP contribution is -2.26. The molecule has 0 bridgehead atoms. The SMILES string of the molecule is CCCN(Cc1cccc(N)c1)c1cncc2nnnn12. The number of anilines is 2. The second-order valence-electron chi connectivity index (χ2n) is 4.88. The zero-order chi connectivity index (χ0) is 14.7. The van der Waals surface area contributed by atoms with Gasteiger partial charge in [-0.15, -0.1) is 5.10 Å². The predicted molar refractivity (Wildman–Crippen MR) is 80.8 cm³/mol. The Kier molecular flexibility index (Phi) is 3.63. The molecule has 0 unspecified atom stereocenters. The maximum Gasteiger partial charge on any atom is 0.199 e. The van der Waals surface area contributed by atoms with Crippen LogP contribution in [-0.4, -0.2) is 31.6 Å². The van der Waals surface area contributed by atoms with E-state index in [0.29, 0.717) is 5.65 Å². The minimum Gasteiger partial charge on any atom is -0.399 e. The van der Waals surface area contributed by atoms with Gasteiger partial charge in [-0.2, -0.15) is 4.52 Å². The van der Waals surface area contributed by atoms with Crippen LogP contribution in [0.2, 0.25) is 0 Å². The number of aromatic nitrogens is 5. The standard InChI is InChI=1S/C14H17N7/c1-2-6-20(10-11-4-3-5-12(15)7-11)14-9-16-8-13-17-18-19-21(13)14/h3-5,7-9H,2,6,10,15H2,1H3. The molecule has 0 fully saturated rings. The summed E-state index contributed by atoms with van der Waals surface area (Å²) in [6.45, 7) is 3.76. The summed E-state index contributed by atoms with van der Waals surface area (Å²) in [5, 5.41) is 11.7. The first-order chi connectivity index (χ1) is 10.3. The van der Waals surface area contributed by atoms with Crippen molar-refractivity contribution in [2.45, 2.75) is 19.9 Å². The zero-order valence-electron chi connectivity index (χ0n) is 11.8. The molecule has 108 valence electrons. The lowest BCUT2D eigenvalue weighted by molar-refractivity contribution is 0.717. The molecule has 0 amide bonds. The first-order valence-electron chi connectivity index (χ1n) is 6.89. The second kappa shape index (κ2) is 5.74. The molecule has 0 spiro atoms. The van der Waals surface area contributed by atoms with Gasteiger partial charge in [0.25, 0.3) is 0 Å². The Labute approximate surface area is 122 Å². The number of nitrogens with zero attached hydrogens (tertiary/aromatic N) is 6. The van der Waals surface area contributed by atoms with Crippen LogP contribution in [0.3, 0.4) is 0 Å². The highest BCUT2D eigenvalue weighted by Crippen LogP contribution is 2.18. The van der Waals surface area contributed by atoms with Crippen molar-refractivity contribution in [3.8, 4) is 0 Å². The summed E-state index contributed by atoms with van der Waals surface area (Å²) in [5.74, 6) is 0.877. The third-order valence-corrected chi connectivity index (χ3v) is 3.23. The average molecular weight is 283 g/mol. The van der Waals surface area contributed by atoms with Crippen molar-refractivity contribution in [3.05, 3.63) is 42.2 Å². The van der Waals surface area contributed by atoms with Gasteiger partial charge in [0.05, 0.1) is 12.4 Å². The average Bonchev–Trinajstić information content (AvgIpc) is 2.95. The molecule has 1 aromatic carbocycles. The number of nitrogens with two attached hydrogens (primary N) is 1. The van der Waals surface area contributed by atoms with E-state index in [9.17, 15) is 0 Å². The molecule has 0 aliphatic carbocycles. The number of nitrogen functional groups attached to an aromatic ring is 1. The Morgan fingerprint density at radius 2 is 2.19 bits per heavy atom. The van der Waals surface area contributed by atoms with Crippen LogP contribution < -0.4 is 10.6 Å². The van der Waals surface area contributed by atoms with Crippen LogP contribution in [0.15, 0.2) is 36.7 Å². The van der Waals surface area contributed by atoms with Crippen molar-refractivity contribution < 1.29 is 0 Å². The molecule has 2 heterocycles. The van der Waals surface area contributed by atoms with Crippen LogP contribution in [0.5, 0.6) is 0 Å². The van der Waals surface area contributed by atoms with Crippen molar-refractivity contribution in [2.75, 3.05) is 17.2 Å². The summed E-state index contributed by atoms with van der Waals surface area (Å²) in [6, 6.07) is 7.89. The summed E-state index contributed by atoms with van der Waals surface area (Å²) in [7, 11) is 0. The van der Waals surface area contributed by atoms with Crippen molar-refractivity contribution in [2.24, 2.45) is 0 Å². The minimum absolute atomic E-state index is 0.640. The molecular weight excluding hydrogens is 266 g/mol. The van der Waals surface area contributed by atoms with Gasteiger partial charge in [0.1, 0.15) is 0 Å². The summed E-state index contributed by atoms with van der Waals surface area (Å²) >= 11 is 0. The maximum atomic E-state index is 5.85. The molecule has 0 aliphatic rings. The Morgan fingerprint density at radius 1 is 1.29 bits per heavy atom. The van der Waals surface area contributed by atoms with E-state index in [1.807, 2.05) is 18.2 Å². The van der Waals surface area contributed by atoms with Crippen molar-refractivity contribution >= 4 is 17.2 Å². The third-order valence-electron chi connectivity index (χ3n) is 3.23. The van der Waals surface area contributed by atoms with E-state index < -0.39 is 0 Å². The summed E-state index contributed by atoms with van der Waals surface area (Å²) < 4.78 is 1.70. The molecule has 0 radical (unpaired) electrons. The van der Waals surface area contributed by atoms with Crippen molar-refractivity contribution in [1.29, 1.82) is 0 Å². The fraction of sp³-hybridized carbons (Fsp3) is 0.286. The molecule has 3 rings (SSSR count). The topological polar surface area (TPSA) is 85.2 Å². The Morgan fingerprint density at radius 3 is 3.00 bits per heavy atom. The molecule has 2 aromatic heterocycles. The molecule has 21 heavy (non-hydrogen) atoms. The third kappa shape index (κ3) is 2.76. The van der Waals surface area contributed by atoms with Crippen molar-refractivity contribution in [1.82, 2.24) is 25.0 Å². The number of hydrogen-bond donors (Lipinski definition) is 1. The first kappa shape index (κ1) is 13.3. The highest BCUT2D eigenvalue weighted by Gasteiger charge is 2.12. The van der Waals surface area contributed by atoms with Gasteiger partial charge in [-0.3, -0.25) is 4.98 Å². The first-order valence-corrected chi connectivity index (χ1v) is 6.89. The molecule has 7 nitrogen and oxygen atoms in total. The van der Waals surface area contributed by atoms with Crippen LogP contribution in [0.25, 0.3) is 5.65 Å². The van der Waals surface area contributed by atoms with Gasteiger partial charge in [0.15, 0.2) is 11.5 Å². The van der Waals surface area contributed by atoms with E-state index in [0.717, 1.165) is 36.6 Å². The van der Waals surface area contributed by atoms with Crippen LogP contribution in [-0.2, 0) is 6.54 Å². The normalized spacial score (nSPS) is 10.9. The quantitative estimate of drug-likeness (QED) is 0.714. The summed E-state index contributed by atoms with van der Waals surface area (Å²) in [5.41, 5.74) is 8.41. The smallest absolute Gasteiger partial charge is 0.199 e. The number of rotatable bonds is 5. The van der Waals surface area contributed by atoms with Crippen LogP contribution in [0.1, 0.15) is 18.9 Å². The van der Waals surface area contributed by atoms with E-state index in [1.54, 1.807) is 16.9 Å². The molecule has 0 atom stereocenters. The summed E-state index contributed by atoms with van der Waals surface area (Å²) in [4.78, 5) is 6.42. The van der Waals surface area contributed by atoms with E-state index in [1.165, 1.54) is 0 Å². The maximum absolute atomic E-state index is 5.85. The van der Waals surface area contributed by atoms with E-state index in [4.69, 9.17) is 5.73 Å². The Bertz CT molecular complexity index is 737. The van der Waals surface area contributed by atoms with Gasteiger partial charge in [-0.25, -0.2) is 0 Å². The van der Waals surface area contributed by atoms with Crippen LogP contribution in [0, 0.1) is 0 Å². The molecule has 7 heteroatoms. The molecular formula is C14H17N7. The zero-order valence-corrected chi connectivity index (χ0v) is 11.8. The van der Waals surface area contributed by atoms with Gasteiger partial charge in [0.2, 0.25) is 0 Å². The van der Waals surface area contributed by atoms with Crippen LogP contribution in [0.4, 0.5) is 11.5 Å². The van der Waals surface area contributed by atoms with E-state index in [-0.39, 0.29) is 0 Å². The predicted octanol–water partition coefficient (Wildman–Crippen LogP) is 1.52. The highest BCUT2D eigenvalue weighted by atomic mass is 15.5. The van der Waals surface area contributed by atoms with E-state index in [2.05, 4.69) is 38.4 Å². The van der Waals surface area contributed by atoms with Crippen LogP contribution >= 0.6 is 0 Å². The Hall–Kier alpha value is -2.70. The van der Waals surface area contributed by atoms with Gasteiger partial charge < -0.3 is 10.6 Å². The van der Waals surface area contributed by atoms with Gasteiger partial charge in [-0.1, -0.05) is 19.1 Å². The lowest BCUT2D eigenvalue weighted by Gasteiger charge is -2.24. The fourth-order valence-corrected chi connectivity index (χ4v) is 2.33. The molecule has 2 N–H and O–H groups in total. The monoisotopic (exact) mass is 283 g/mol. The van der Waals surface area contributed by atoms with Gasteiger partial charge in [0, 0.05) is 18.8 Å². The molecule has 0 saturated carbocycles. The second-order valence-corrected chi connectivity index (χ2v) is 4.88. The van der Waals surface area contributed by atoms with Crippen molar-refractivity contribution in [3.63, 3.8) is 0 Å².